The Balaban J connectivity index is 1.88. The van der Waals surface area contributed by atoms with Gasteiger partial charge in [-0.1, -0.05) is 13.8 Å². The second-order valence-electron chi connectivity index (χ2n) is 5.53. The number of aliphatic hydroxyl groups excluding tert-OH is 1. The molecule has 0 saturated heterocycles. The van der Waals surface area contributed by atoms with Crippen LogP contribution in [0, 0.1) is 12.8 Å². The molecular formula is C14H21N3O2S. The summed E-state index contributed by atoms with van der Waals surface area (Å²) in [6, 6.07) is 0. The van der Waals surface area contributed by atoms with Gasteiger partial charge in [0.15, 0.2) is 4.96 Å². The van der Waals surface area contributed by atoms with Crippen molar-refractivity contribution in [1.82, 2.24) is 14.7 Å². The van der Waals surface area contributed by atoms with Crippen LogP contribution in [0.3, 0.4) is 0 Å². The fraction of sp³-hybridized carbons (Fsp3) is 0.571. The predicted molar refractivity (Wildman–Crippen MR) is 80.0 cm³/mol. The fourth-order valence-electron chi connectivity index (χ4n) is 2.16. The van der Waals surface area contributed by atoms with Crippen LogP contribution in [0.1, 0.15) is 31.7 Å². The van der Waals surface area contributed by atoms with Crippen molar-refractivity contribution in [2.24, 2.45) is 5.92 Å². The van der Waals surface area contributed by atoms with Crippen molar-refractivity contribution in [3.63, 3.8) is 0 Å². The second-order valence-corrected chi connectivity index (χ2v) is 6.36. The van der Waals surface area contributed by atoms with Gasteiger partial charge in [0.05, 0.1) is 18.2 Å². The summed E-state index contributed by atoms with van der Waals surface area (Å²) in [5.41, 5.74) is 1.88. The number of hydrogen-bond donors (Lipinski definition) is 2. The highest BCUT2D eigenvalue weighted by Crippen LogP contribution is 2.16. The highest BCUT2D eigenvalue weighted by atomic mass is 32.1. The van der Waals surface area contributed by atoms with E-state index >= 15 is 0 Å². The Morgan fingerprint density at radius 2 is 2.30 bits per heavy atom. The monoisotopic (exact) mass is 295 g/mol. The van der Waals surface area contributed by atoms with Gasteiger partial charge in [0.2, 0.25) is 5.91 Å². The van der Waals surface area contributed by atoms with Crippen LogP contribution in [-0.2, 0) is 11.2 Å². The summed E-state index contributed by atoms with van der Waals surface area (Å²) >= 11 is 1.53. The van der Waals surface area contributed by atoms with Crippen molar-refractivity contribution in [2.75, 3.05) is 6.54 Å². The Morgan fingerprint density at radius 3 is 3.00 bits per heavy atom. The van der Waals surface area contributed by atoms with E-state index in [1.165, 1.54) is 11.3 Å². The van der Waals surface area contributed by atoms with Crippen molar-refractivity contribution in [3.05, 3.63) is 23.0 Å². The number of aliphatic hydroxyl groups is 1. The molecule has 0 aliphatic rings. The summed E-state index contributed by atoms with van der Waals surface area (Å²) < 4.78 is 1.95. The SMILES string of the molecule is Cc1cn2c(CC(=O)NCC(O)CC(C)C)csc2n1. The minimum Gasteiger partial charge on any atom is -0.391 e. The first kappa shape index (κ1) is 15.0. The Kier molecular flexibility index (Phi) is 4.77. The van der Waals surface area contributed by atoms with Crippen LogP contribution < -0.4 is 5.32 Å². The van der Waals surface area contributed by atoms with Gasteiger partial charge < -0.3 is 10.4 Å². The number of carbonyl (C=O) groups excluding carboxylic acids is 1. The molecule has 2 aromatic rings. The summed E-state index contributed by atoms with van der Waals surface area (Å²) in [7, 11) is 0. The molecule has 0 radical (unpaired) electrons. The summed E-state index contributed by atoms with van der Waals surface area (Å²) in [6.07, 6.45) is 2.47. The Bertz CT molecular complexity index is 588. The molecule has 1 atom stereocenters. The molecule has 2 heterocycles. The fourth-order valence-corrected chi connectivity index (χ4v) is 3.07. The molecule has 110 valence electrons. The number of rotatable bonds is 6. The number of nitrogens with one attached hydrogen (secondary N) is 1. The number of hydrogen-bond acceptors (Lipinski definition) is 4. The molecule has 0 saturated carbocycles. The summed E-state index contributed by atoms with van der Waals surface area (Å²) in [5, 5.41) is 14.5. The van der Waals surface area contributed by atoms with E-state index < -0.39 is 6.10 Å². The maximum Gasteiger partial charge on any atom is 0.226 e. The van der Waals surface area contributed by atoms with Gasteiger partial charge in [0, 0.05) is 23.8 Å². The molecule has 5 nitrogen and oxygen atoms in total. The average molecular weight is 295 g/mol. The quantitative estimate of drug-likeness (QED) is 0.853. The summed E-state index contributed by atoms with van der Waals surface area (Å²) in [5.74, 6) is 0.353. The molecule has 0 bridgehead atoms. The van der Waals surface area contributed by atoms with Gasteiger partial charge in [-0.25, -0.2) is 4.98 Å². The normalized spacial score (nSPS) is 13.1. The van der Waals surface area contributed by atoms with Crippen LogP contribution in [0.15, 0.2) is 11.6 Å². The predicted octanol–water partition coefficient (Wildman–Crippen LogP) is 1.77. The zero-order chi connectivity index (χ0) is 14.7. The zero-order valence-electron chi connectivity index (χ0n) is 12.1. The third-order valence-corrected chi connectivity index (χ3v) is 3.91. The van der Waals surface area contributed by atoms with Gasteiger partial charge in [-0.2, -0.15) is 0 Å². The Labute approximate surface area is 122 Å². The number of imidazole rings is 1. The van der Waals surface area contributed by atoms with Crippen molar-refractivity contribution in [3.8, 4) is 0 Å². The van der Waals surface area contributed by atoms with Gasteiger partial charge in [-0.3, -0.25) is 9.20 Å². The lowest BCUT2D eigenvalue weighted by atomic mass is 10.1. The molecular weight excluding hydrogens is 274 g/mol. The second kappa shape index (κ2) is 6.37. The number of carbonyl (C=O) groups is 1. The highest BCUT2D eigenvalue weighted by molar-refractivity contribution is 7.15. The van der Waals surface area contributed by atoms with Crippen LogP contribution >= 0.6 is 11.3 Å². The smallest absolute Gasteiger partial charge is 0.226 e. The summed E-state index contributed by atoms with van der Waals surface area (Å²) in [6.45, 7) is 6.35. The van der Waals surface area contributed by atoms with E-state index in [2.05, 4.69) is 24.1 Å². The van der Waals surface area contributed by atoms with E-state index in [0.717, 1.165) is 16.3 Å². The van der Waals surface area contributed by atoms with Crippen molar-refractivity contribution < 1.29 is 9.90 Å². The molecule has 0 aromatic carbocycles. The largest absolute Gasteiger partial charge is 0.391 e. The third kappa shape index (κ3) is 3.80. The molecule has 2 rings (SSSR count). The molecule has 2 N–H and O–H groups in total. The minimum absolute atomic E-state index is 0.0705. The zero-order valence-corrected chi connectivity index (χ0v) is 12.9. The number of fused-ring (bicyclic) bond motifs is 1. The maximum absolute atomic E-state index is 11.9. The molecule has 1 amide bonds. The molecule has 0 aliphatic carbocycles. The molecule has 20 heavy (non-hydrogen) atoms. The van der Waals surface area contributed by atoms with Crippen molar-refractivity contribution in [2.45, 2.75) is 39.7 Å². The number of nitrogens with zero attached hydrogens (tertiary/aromatic N) is 2. The standard InChI is InChI=1S/C14H21N3O2S/c1-9(2)4-12(18)6-15-13(19)5-11-8-20-14-16-10(3)7-17(11)14/h7-9,12,18H,4-6H2,1-3H3,(H,15,19). The topological polar surface area (TPSA) is 66.6 Å². The number of amides is 1. The van der Waals surface area contributed by atoms with E-state index in [9.17, 15) is 9.90 Å². The van der Waals surface area contributed by atoms with Gasteiger partial charge >= 0.3 is 0 Å². The molecule has 6 heteroatoms. The van der Waals surface area contributed by atoms with E-state index in [-0.39, 0.29) is 5.91 Å². The van der Waals surface area contributed by atoms with Crippen molar-refractivity contribution in [1.29, 1.82) is 0 Å². The number of aryl methyl sites for hydroxylation is 1. The lowest BCUT2D eigenvalue weighted by Gasteiger charge is -2.13. The molecule has 0 fully saturated rings. The minimum atomic E-state index is -0.475. The Morgan fingerprint density at radius 1 is 1.55 bits per heavy atom. The van der Waals surface area contributed by atoms with E-state index in [1.54, 1.807) is 0 Å². The first-order valence-electron chi connectivity index (χ1n) is 6.82. The van der Waals surface area contributed by atoms with Gasteiger partial charge in [0.1, 0.15) is 0 Å². The van der Waals surface area contributed by atoms with E-state index in [0.29, 0.717) is 25.3 Å². The molecule has 2 aromatic heterocycles. The maximum atomic E-state index is 11.9. The summed E-state index contributed by atoms with van der Waals surface area (Å²) in [4.78, 5) is 17.2. The first-order valence-corrected chi connectivity index (χ1v) is 7.70. The number of thiazole rings is 1. The van der Waals surface area contributed by atoms with Crippen LogP contribution in [0.4, 0.5) is 0 Å². The van der Waals surface area contributed by atoms with Crippen LogP contribution in [0.25, 0.3) is 4.96 Å². The van der Waals surface area contributed by atoms with E-state index in [4.69, 9.17) is 0 Å². The van der Waals surface area contributed by atoms with Gasteiger partial charge in [0.25, 0.3) is 0 Å². The molecule has 0 spiro atoms. The van der Waals surface area contributed by atoms with Crippen LogP contribution in [0.2, 0.25) is 0 Å². The van der Waals surface area contributed by atoms with Gasteiger partial charge in [-0.05, 0) is 19.3 Å². The first-order chi connectivity index (χ1) is 9.45. The Hall–Kier alpha value is -1.40. The van der Waals surface area contributed by atoms with Crippen molar-refractivity contribution >= 4 is 22.2 Å². The lowest BCUT2D eigenvalue weighted by Crippen LogP contribution is -2.33. The van der Waals surface area contributed by atoms with Crippen LogP contribution in [-0.4, -0.2) is 33.0 Å². The average Bonchev–Trinajstić information content (AvgIpc) is 2.87. The highest BCUT2D eigenvalue weighted by Gasteiger charge is 2.12. The van der Waals surface area contributed by atoms with E-state index in [1.807, 2.05) is 22.9 Å². The lowest BCUT2D eigenvalue weighted by molar-refractivity contribution is -0.121. The molecule has 1 unspecified atom stereocenters. The van der Waals surface area contributed by atoms with Gasteiger partial charge in [-0.15, -0.1) is 11.3 Å². The molecule has 0 aliphatic heterocycles. The van der Waals surface area contributed by atoms with Crippen LogP contribution in [0.5, 0.6) is 0 Å². The third-order valence-electron chi connectivity index (χ3n) is 3.02. The number of aromatic nitrogens is 2.